The van der Waals surface area contributed by atoms with Crippen LogP contribution in [0.25, 0.3) is 100 Å². The molecule has 0 unspecified atom stereocenters. The Hall–Kier alpha value is -8.41. The number of hydrogen-bond acceptors (Lipinski definition) is 3. The molecule has 12 aromatic rings. The zero-order chi connectivity index (χ0) is 54.9. The van der Waals surface area contributed by atoms with Gasteiger partial charge in [-0.05, 0) is 151 Å². The maximum absolute atomic E-state index is 5.08. The van der Waals surface area contributed by atoms with E-state index in [-0.39, 0.29) is 27.6 Å². The maximum atomic E-state index is 5.08. The smallest absolute Gasteiger partial charge is 0.164 e. The van der Waals surface area contributed by atoms with E-state index in [9.17, 15) is 0 Å². The lowest BCUT2D eigenvalue weighted by molar-refractivity contribution is 0.589. The first-order chi connectivity index (χ1) is 37.7. The first-order valence-corrected chi connectivity index (χ1v) is 28.1. The zero-order valence-electron chi connectivity index (χ0n) is 47.8. The topological polar surface area (TPSA) is 48.5 Å². The van der Waals surface area contributed by atoms with Crippen LogP contribution in [-0.2, 0) is 21.7 Å². The van der Waals surface area contributed by atoms with E-state index in [1.807, 2.05) is 36.4 Å². The molecule has 3 heterocycles. The van der Waals surface area contributed by atoms with Crippen molar-refractivity contribution in [3.63, 3.8) is 0 Å². The van der Waals surface area contributed by atoms with E-state index in [4.69, 9.17) is 15.0 Å². The molecule has 1 aliphatic carbocycles. The highest BCUT2D eigenvalue weighted by molar-refractivity contribution is 6.13. The molecular weight excluding hydrogens is 959 g/mol. The molecule has 0 fully saturated rings. The Labute approximate surface area is 465 Å². The van der Waals surface area contributed by atoms with Crippen LogP contribution in [0, 0.1) is 0 Å². The molecule has 1 aliphatic rings. The number of hydrogen-bond donors (Lipinski definition) is 0. The highest BCUT2D eigenvalue weighted by atomic mass is 15.0. The van der Waals surface area contributed by atoms with Gasteiger partial charge in [0.1, 0.15) is 0 Å². The predicted octanol–water partition coefficient (Wildman–Crippen LogP) is 19.4. The lowest BCUT2D eigenvalue weighted by Crippen LogP contribution is -2.11. The third-order valence-corrected chi connectivity index (χ3v) is 16.7. The molecule has 390 valence electrons. The number of fused-ring (bicyclic) bond motifs is 9. The first-order valence-electron chi connectivity index (χ1n) is 28.1. The molecule has 13 rings (SSSR count). The summed E-state index contributed by atoms with van der Waals surface area (Å²) in [5.74, 6) is 2.00. The van der Waals surface area contributed by atoms with E-state index < -0.39 is 0 Å². The van der Waals surface area contributed by atoms with Crippen LogP contribution in [-0.4, -0.2) is 24.1 Å². The van der Waals surface area contributed by atoms with Crippen LogP contribution in [0.2, 0.25) is 0 Å². The third-order valence-electron chi connectivity index (χ3n) is 16.7. The second-order valence-corrected chi connectivity index (χ2v) is 26.2. The summed E-state index contributed by atoms with van der Waals surface area (Å²) in [5.41, 5.74) is 21.9. The SMILES string of the molecule is CC(C)(C)c1ccc2c(c1)-c1cc(C(C)(C)C)ccc1C2c1ccc2c(c1)c1cc(-n3c4ccc(C(C)(C)C)cc4c4cc(C(C)(C)C)ccc43)ccc1n2-c1ccc(-c2nc(-c3ccccc3)nc(-c3ccccc3)n2)cc1. The Balaban J connectivity index is 1.02. The van der Waals surface area contributed by atoms with Crippen molar-refractivity contribution < 1.29 is 0 Å². The number of nitrogens with zero attached hydrogens (tertiary/aromatic N) is 5. The fourth-order valence-corrected chi connectivity index (χ4v) is 12.1. The lowest BCUT2D eigenvalue weighted by atomic mass is 9.83. The van der Waals surface area contributed by atoms with Gasteiger partial charge in [-0.2, -0.15) is 0 Å². The number of rotatable bonds is 6. The highest BCUT2D eigenvalue weighted by Gasteiger charge is 2.33. The molecule has 0 aliphatic heterocycles. The Kier molecular flexibility index (Phi) is 11.5. The molecule has 9 aromatic carbocycles. The van der Waals surface area contributed by atoms with Gasteiger partial charge in [0.15, 0.2) is 17.5 Å². The summed E-state index contributed by atoms with van der Waals surface area (Å²) in [5, 5.41) is 4.99. The summed E-state index contributed by atoms with van der Waals surface area (Å²) in [6, 6.07) is 72.3. The van der Waals surface area contributed by atoms with Crippen molar-refractivity contribution >= 4 is 43.6 Å². The fourth-order valence-electron chi connectivity index (χ4n) is 12.1. The van der Waals surface area contributed by atoms with Gasteiger partial charge < -0.3 is 9.13 Å². The average Bonchev–Trinajstić information content (AvgIpc) is 4.30. The Morgan fingerprint density at radius 1 is 0.304 bits per heavy atom. The van der Waals surface area contributed by atoms with Gasteiger partial charge in [0, 0.05) is 55.5 Å². The molecular formula is C74H69N5. The van der Waals surface area contributed by atoms with Crippen molar-refractivity contribution in [2.24, 2.45) is 0 Å². The van der Waals surface area contributed by atoms with Gasteiger partial charge in [-0.3, -0.25) is 0 Å². The first kappa shape index (κ1) is 50.1. The largest absolute Gasteiger partial charge is 0.309 e. The van der Waals surface area contributed by atoms with Gasteiger partial charge >= 0.3 is 0 Å². The minimum atomic E-state index is 0.00649. The molecule has 5 heteroatoms. The molecule has 0 N–H and O–H groups in total. The Morgan fingerprint density at radius 2 is 0.646 bits per heavy atom. The third kappa shape index (κ3) is 8.66. The van der Waals surface area contributed by atoms with Crippen LogP contribution in [0.5, 0.6) is 0 Å². The molecule has 0 saturated carbocycles. The quantitative estimate of drug-likeness (QED) is 0.167. The van der Waals surface area contributed by atoms with Gasteiger partial charge in [-0.1, -0.05) is 198 Å². The van der Waals surface area contributed by atoms with Crippen molar-refractivity contribution in [2.45, 2.75) is 111 Å². The maximum Gasteiger partial charge on any atom is 0.164 e. The summed E-state index contributed by atoms with van der Waals surface area (Å²) in [7, 11) is 0. The predicted molar refractivity (Wildman–Crippen MR) is 332 cm³/mol. The van der Waals surface area contributed by atoms with Gasteiger partial charge in [-0.25, -0.2) is 15.0 Å². The molecule has 5 nitrogen and oxygen atoms in total. The summed E-state index contributed by atoms with van der Waals surface area (Å²) >= 11 is 0. The van der Waals surface area contributed by atoms with Crippen molar-refractivity contribution in [3.05, 3.63) is 233 Å². The molecule has 0 bridgehead atoms. The van der Waals surface area contributed by atoms with Crippen molar-refractivity contribution in [3.8, 4) is 56.7 Å². The molecule has 0 spiro atoms. The van der Waals surface area contributed by atoms with Gasteiger partial charge in [0.05, 0.1) is 22.1 Å². The molecule has 0 radical (unpaired) electrons. The minimum absolute atomic E-state index is 0.00649. The fraction of sp³-hybridized carbons (Fsp3) is 0.230. The molecule has 0 atom stereocenters. The normalized spacial score (nSPS) is 13.3. The zero-order valence-corrected chi connectivity index (χ0v) is 47.8. The molecule has 0 saturated heterocycles. The van der Waals surface area contributed by atoms with Crippen LogP contribution >= 0.6 is 0 Å². The van der Waals surface area contributed by atoms with Crippen LogP contribution in [0.4, 0.5) is 0 Å². The van der Waals surface area contributed by atoms with Crippen LogP contribution in [0.1, 0.15) is 128 Å². The Bertz CT molecular complexity index is 4180. The van der Waals surface area contributed by atoms with Crippen molar-refractivity contribution in [1.29, 1.82) is 0 Å². The average molecular weight is 1030 g/mol. The summed E-state index contributed by atoms with van der Waals surface area (Å²) in [6.45, 7) is 27.8. The minimum Gasteiger partial charge on any atom is -0.309 e. The summed E-state index contributed by atoms with van der Waals surface area (Å²) < 4.78 is 4.94. The summed E-state index contributed by atoms with van der Waals surface area (Å²) in [4.78, 5) is 15.1. The second kappa shape index (κ2) is 18.1. The van der Waals surface area contributed by atoms with E-state index in [2.05, 4.69) is 250 Å². The van der Waals surface area contributed by atoms with E-state index in [1.54, 1.807) is 0 Å². The van der Waals surface area contributed by atoms with E-state index in [0.717, 1.165) is 39.1 Å². The second-order valence-electron chi connectivity index (χ2n) is 26.2. The molecule has 0 amide bonds. The van der Waals surface area contributed by atoms with Gasteiger partial charge in [0.2, 0.25) is 0 Å². The summed E-state index contributed by atoms with van der Waals surface area (Å²) in [6.07, 6.45) is 0. The van der Waals surface area contributed by atoms with E-state index in [1.165, 1.54) is 82.6 Å². The standard InChI is InChI=1S/C74H69N5/c1-71(2,3)49-26-33-55-57(40-49)58-41-50(72(4,5)6)27-34-56(58)67(55)48-25-35-63-59(39-48)62-44-54(79-64-36-28-51(73(7,8)9)42-60(64)61-43-52(74(10,11)12)29-37-65(61)79)32-38-66(62)78(63)53-30-23-47(24-31-53)70-76-68(45-19-15-13-16-20-45)75-69(77-70)46-21-17-14-18-22-46/h13-44,67H,1-12H3. The van der Waals surface area contributed by atoms with Gasteiger partial charge in [-0.15, -0.1) is 0 Å². The van der Waals surface area contributed by atoms with Crippen molar-refractivity contribution in [1.82, 2.24) is 24.1 Å². The Morgan fingerprint density at radius 3 is 1.09 bits per heavy atom. The van der Waals surface area contributed by atoms with Crippen LogP contribution in [0.3, 0.4) is 0 Å². The highest BCUT2D eigenvalue weighted by Crippen LogP contribution is 2.51. The number of aromatic nitrogens is 5. The number of benzene rings is 9. The van der Waals surface area contributed by atoms with Crippen molar-refractivity contribution in [2.75, 3.05) is 0 Å². The van der Waals surface area contributed by atoms with E-state index >= 15 is 0 Å². The lowest BCUT2D eigenvalue weighted by Gasteiger charge is -2.21. The van der Waals surface area contributed by atoms with Crippen LogP contribution in [0.15, 0.2) is 194 Å². The molecule has 3 aromatic heterocycles. The molecule has 79 heavy (non-hydrogen) atoms. The van der Waals surface area contributed by atoms with Gasteiger partial charge in [0.25, 0.3) is 0 Å². The van der Waals surface area contributed by atoms with E-state index in [0.29, 0.717) is 17.5 Å². The van der Waals surface area contributed by atoms with Crippen LogP contribution < -0.4 is 0 Å². The monoisotopic (exact) mass is 1030 g/mol.